The lowest BCUT2D eigenvalue weighted by molar-refractivity contribution is -0.165. The van der Waals surface area contributed by atoms with Gasteiger partial charge in [0, 0.05) is 24.6 Å². The third kappa shape index (κ3) is 3.80. The monoisotopic (exact) mass is 367 g/mol. The van der Waals surface area contributed by atoms with E-state index >= 15 is 0 Å². The summed E-state index contributed by atoms with van der Waals surface area (Å²) in [6, 6.07) is 3.37. The maximum Gasteiger partial charge on any atom is 0.252 e. The molecule has 2 aromatic rings. The highest BCUT2D eigenvalue weighted by molar-refractivity contribution is 5.86. The molecule has 1 aliphatic carbocycles. The molecule has 1 saturated carbocycles. The maximum atomic E-state index is 12.9. The number of carbonyl (C=O) groups is 2. The number of ether oxygens (including phenoxy) is 1. The SMILES string of the molecule is Cc1cnc(CNC(=O)[C@H]2OCC(=O)N(C3CC3)[C@@H]2c2cccnc2)cn1. The van der Waals surface area contributed by atoms with Gasteiger partial charge in [0.15, 0.2) is 6.10 Å². The van der Waals surface area contributed by atoms with E-state index in [1.807, 2.05) is 13.0 Å². The van der Waals surface area contributed by atoms with Crippen LogP contribution in [0.3, 0.4) is 0 Å². The molecule has 140 valence electrons. The van der Waals surface area contributed by atoms with Gasteiger partial charge in [-0.15, -0.1) is 0 Å². The van der Waals surface area contributed by atoms with Crippen molar-refractivity contribution in [2.45, 2.75) is 44.5 Å². The molecular weight excluding hydrogens is 346 g/mol. The summed E-state index contributed by atoms with van der Waals surface area (Å²) in [5, 5.41) is 2.86. The van der Waals surface area contributed by atoms with Crippen LogP contribution in [0.15, 0.2) is 36.9 Å². The number of aryl methyl sites for hydroxylation is 1. The van der Waals surface area contributed by atoms with E-state index in [9.17, 15) is 9.59 Å². The van der Waals surface area contributed by atoms with Crippen LogP contribution in [-0.4, -0.2) is 50.4 Å². The van der Waals surface area contributed by atoms with E-state index in [0.717, 1.165) is 24.1 Å². The van der Waals surface area contributed by atoms with Crippen molar-refractivity contribution >= 4 is 11.8 Å². The molecule has 2 aliphatic rings. The first-order chi connectivity index (χ1) is 13.1. The second-order valence-corrected chi connectivity index (χ2v) is 6.86. The topological polar surface area (TPSA) is 97.3 Å². The lowest BCUT2D eigenvalue weighted by atomic mass is 9.98. The summed E-state index contributed by atoms with van der Waals surface area (Å²) in [5.74, 6) is -0.357. The quantitative estimate of drug-likeness (QED) is 0.844. The third-order valence-corrected chi connectivity index (χ3v) is 4.76. The van der Waals surface area contributed by atoms with Crippen LogP contribution in [0.2, 0.25) is 0 Å². The normalized spacial score (nSPS) is 22.6. The predicted molar refractivity (Wildman–Crippen MR) is 95.2 cm³/mol. The molecule has 0 spiro atoms. The Morgan fingerprint density at radius 1 is 1.30 bits per heavy atom. The predicted octanol–water partition coefficient (Wildman–Crippen LogP) is 0.927. The van der Waals surface area contributed by atoms with Crippen LogP contribution in [0.5, 0.6) is 0 Å². The Morgan fingerprint density at radius 3 is 2.81 bits per heavy atom. The van der Waals surface area contributed by atoms with Gasteiger partial charge in [-0.3, -0.25) is 24.5 Å². The molecule has 2 aromatic heterocycles. The van der Waals surface area contributed by atoms with E-state index in [4.69, 9.17) is 4.74 Å². The summed E-state index contributed by atoms with van der Waals surface area (Å²) < 4.78 is 5.67. The molecule has 27 heavy (non-hydrogen) atoms. The summed E-state index contributed by atoms with van der Waals surface area (Å²) in [6.45, 7) is 2.02. The van der Waals surface area contributed by atoms with Crippen molar-refractivity contribution in [3.8, 4) is 0 Å². The molecule has 0 unspecified atom stereocenters. The van der Waals surface area contributed by atoms with E-state index in [1.54, 1.807) is 35.8 Å². The Labute approximate surface area is 157 Å². The largest absolute Gasteiger partial charge is 0.356 e. The van der Waals surface area contributed by atoms with Gasteiger partial charge >= 0.3 is 0 Å². The van der Waals surface area contributed by atoms with Crippen molar-refractivity contribution < 1.29 is 14.3 Å². The van der Waals surface area contributed by atoms with Gasteiger partial charge in [0.05, 0.1) is 30.2 Å². The minimum Gasteiger partial charge on any atom is -0.356 e. The molecule has 2 atom stereocenters. The number of hydrogen-bond donors (Lipinski definition) is 1. The Balaban J connectivity index is 1.54. The van der Waals surface area contributed by atoms with Gasteiger partial charge in [0.25, 0.3) is 5.91 Å². The van der Waals surface area contributed by atoms with Crippen molar-refractivity contribution in [3.05, 3.63) is 53.9 Å². The lowest BCUT2D eigenvalue weighted by Crippen LogP contribution is -2.55. The standard InChI is InChI=1S/C19H21N5O3/c1-12-7-22-14(9-21-12)10-23-19(26)18-17(13-3-2-6-20-8-13)24(15-4-5-15)16(25)11-27-18/h2-3,6-9,15,17-18H,4-5,10-11H2,1H3,(H,23,26)/t17-,18+/m1/s1. The molecule has 8 heteroatoms. The molecule has 0 radical (unpaired) electrons. The average Bonchev–Trinajstić information content (AvgIpc) is 3.52. The van der Waals surface area contributed by atoms with Gasteiger partial charge in [-0.25, -0.2) is 0 Å². The second-order valence-electron chi connectivity index (χ2n) is 6.86. The fraction of sp³-hybridized carbons (Fsp3) is 0.421. The number of aromatic nitrogens is 3. The minimum absolute atomic E-state index is 0.0835. The van der Waals surface area contributed by atoms with E-state index in [2.05, 4.69) is 20.3 Å². The van der Waals surface area contributed by atoms with Crippen molar-refractivity contribution in [1.82, 2.24) is 25.2 Å². The first-order valence-corrected chi connectivity index (χ1v) is 9.01. The van der Waals surface area contributed by atoms with Crippen LogP contribution in [-0.2, 0) is 20.9 Å². The molecular formula is C19H21N5O3. The molecule has 3 heterocycles. The van der Waals surface area contributed by atoms with Gasteiger partial charge in [0.2, 0.25) is 5.91 Å². The van der Waals surface area contributed by atoms with Crippen LogP contribution in [0.1, 0.15) is 35.8 Å². The van der Waals surface area contributed by atoms with Gasteiger partial charge in [0.1, 0.15) is 6.61 Å². The highest BCUT2D eigenvalue weighted by atomic mass is 16.5. The summed E-state index contributed by atoms with van der Waals surface area (Å²) >= 11 is 0. The molecule has 0 aromatic carbocycles. The maximum absolute atomic E-state index is 12.9. The zero-order chi connectivity index (χ0) is 18.8. The molecule has 1 N–H and O–H groups in total. The summed E-state index contributed by atoms with van der Waals surface area (Å²) in [7, 11) is 0. The number of carbonyl (C=O) groups excluding carboxylic acids is 2. The van der Waals surface area contributed by atoms with Gasteiger partial charge in [-0.1, -0.05) is 6.07 Å². The first-order valence-electron chi connectivity index (χ1n) is 9.01. The van der Waals surface area contributed by atoms with Crippen molar-refractivity contribution in [2.24, 2.45) is 0 Å². The number of nitrogens with one attached hydrogen (secondary N) is 1. The molecule has 4 rings (SSSR count). The fourth-order valence-corrected chi connectivity index (χ4v) is 3.31. The zero-order valence-corrected chi connectivity index (χ0v) is 15.0. The van der Waals surface area contributed by atoms with Crippen LogP contribution in [0.4, 0.5) is 0 Å². The van der Waals surface area contributed by atoms with E-state index in [-0.39, 0.29) is 31.0 Å². The van der Waals surface area contributed by atoms with E-state index < -0.39 is 12.1 Å². The lowest BCUT2D eigenvalue weighted by Gasteiger charge is -2.40. The summed E-state index contributed by atoms with van der Waals surface area (Å²) in [5.41, 5.74) is 2.28. The third-order valence-electron chi connectivity index (χ3n) is 4.76. The number of morpholine rings is 1. The number of pyridine rings is 1. The number of hydrogen-bond acceptors (Lipinski definition) is 6. The van der Waals surface area contributed by atoms with Gasteiger partial charge in [-0.05, 0) is 31.4 Å². The zero-order valence-electron chi connectivity index (χ0n) is 15.0. The summed E-state index contributed by atoms with van der Waals surface area (Å²) in [4.78, 5) is 39.7. The van der Waals surface area contributed by atoms with Crippen molar-refractivity contribution in [1.29, 1.82) is 0 Å². The molecule has 2 fully saturated rings. The molecule has 0 bridgehead atoms. The Hall–Kier alpha value is -2.87. The minimum atomic E-state index is -0.786. The van der Waals surface area contributed by atoms with Crippen LogP contribution >= 0.6 is 0 Å². The van der Waals surface area contributed by atoms with Crippen LogP contribution in [0, 0.1) is 6.92 Å². The Morgan fingerprint density at radius 2 is 2.15 bits per heavy atom. The highest BCUT2D eigenvalue weighted by Gasteiger charge is 2.47. The molecule has 2 amide bonds. The van der Waals surface area contributed by atoms with Gasteiger partial charge in [-0.2, -0.15) is 0 Å². The molecule has 1 saturated heterocycles. The fourth-order valence-electron chi connectivity index (χ4n) is 3.31. The number of rotatable bonds is 5. The van der Waals surface area contributed by atoms with Crippen molar-refractivity contribution in [3.63, 3.8) is 0 Å². The molecule has 8 nitrogen and oxygen atoms in total. The van der Waals surface area contributed by atoms with Gasteiger partial charge < -0.3 is 15.0 Å². The number of nitrogens with zero attached hydrogens (tertiary/aromatic N) is 4. The molecule has 1 aliphatic heterocycles. The summed E-state index contributed by atoms with van der Waals surface area (Å²) in [6.07, 6.45) is 7.77. The van der Waals surface area contributed by atoms with Crippen molar-refractivity contribution in [2.75, 3.05) is 6.61 Å². The Kier molecular flexibility index (Phi) is 4.81. The average molecular weight is 367 g/mol. The number of amides is 2. The Bertz CT molecular complexity index is 823. The first kappa shape index (κ1) is 17.5. The van der Waals surface area contributed by atoms with E-state index in [0.29, 0.717) is 5.69 Å². The smallest absolute Gasteiger partial charge is 0.252 e. The van der Waals surface area contributed by atoms with E-state index in [1.165, 1.54) is 0 Å². The van der Waals surface area contributed by atoms with Crippen LogP contribution in [0.25, 0.3) is 0 Å². The van der Waals surface area contributed by atoms with Crippen LogP contribution < -0.4 is 5.32 Å². The highest BCUT2D eigenvalue weighted by Crippen LogP contribution is 2.39. The second kappa shape index (κ2) is 7.40.